The van der Waals surface area contributed by atoms with Crippen LogP contribution in [-0.4, -0.2) is 35.6 Å². The molecule has 1 unspecified atom stereocenters. The number of pyridine rings is 1. The van der Waals surface area contributed by atoms with Gasteiger partial charge in [-0.3, -0.25) is 4.90 Å². The van der Waals surface area contributed by atoms with Gasteiger partial charge in [-0.15, -0.1) is 0 Å². The normalized spacial score (nSPS) is 17.6. The van der Waals surface area contributed by atoms with Crippen molar-refractivity contribution in [3.8, 4) is 6.07 Å². The van der Waals surface area contributed by atoms with E-state index < -0.39 is 0 Å². The number of aromatic nitrogens is 1. The highest BCUT2D eigenvalue weighted by molar-refractivity contribution is 5.45. The minimum Gasteiger partial charge on any atom is -0.383 e. The Kier molecular flexibility index (Phi) is 3.94. The van der Waals surface area contributed by atoms with Crippen molar-refractivity contribution >= 4 is 5.69 Å². The van der Waals surface area contributed by atoms with Gasteiger partial charge in [-0.2, -0.15) is 5.26 Å². The lowest BCUT2D eigenvalue weighted by atomic mass is 10.2. The van der Waals surface area contributed by atoms with E-state index in [2.05, 4.69) is 22.1 Å². The summed E-state index contributed by atoms with van der Waals surface area (Å²) in [6.07, 6.45) is 4.30. The molecule has 1 N–H and O–H groups in total. The Bertz CT molecular complexity index is 404. The van der Waals surface area contributed by atoms with Crippen molar-refractivity contribution < 1.29 is 0 Å². The Labute approximate surface area is 102 Å². The second-order valence-electron chi connectivity index (χ2n) is 4.51. The maximum atomic E-state index is 8.76. The molecule has 1 aliphatic rings. The average Bonchev–Trinajstić information content (AvgIpc) is 2.90. The molecule has 1 aromatic rings. The molecule has 0 amide bonds. The number of hydrogen-bond acceptors (Lipinski definition) is 4. The monoisotopic (exact) mass is 230 g/mol. The van der Waals surface area contributed by atoms with Crippen LogP contribution in [0.1, 0.15) is 25.5 Å². The summed E-state index contributed by atoms with van der Waals surface area (Å²) in [5.74, 6) is 0. The van der Waals surface area contributed by atoms with Crippen LogP contribution in [0.3, 0.4) is 0 Å². The topological polar surface area (TPSA) is 52.0 Å². The van der Waals surface area contributed by atoms with E-state index in [1.807, 2.05) is 12.1 Å². The zero-order chi connectivity index (χ0) is 12.1. The zero-order valence-corrected chi connectivity index (χ0v) is 10.2. The molecule has 0 radical (unpaired) electrons. The second-order valence-corrected chi connectivity index (χ2v) is 4.51. The summed E-state index contributed by atoms with van der Waals surface area (Å²) in [4.78, 5) is 6.45. The first kappa shape index (κ1) is 11.9. The first-order valence-corrected chi connectivity index (χ1v) is 6.13. The zero-order valence-electron chi connectivity index (χ0n) is 10.2. The third kappa shape index (κ3) is 3.18. The molecule has 2 rings (SSSR count). The summed E-state index contributed by atoms with van der Waals surface area (Å²) in [5.41, 5.74) is 1.44. The van der Waals surface area contributed by atoms with Gasteiger partial charge in [0.2, 0.25) is 0 Å². The van der Waals surface area contributed by atoms with Crippen LogP contribution in [0.4, 0.5) is 5.69 Å². The van der Waals surface area contributed by atoms with E-state index in [4.69, 9.17) is 5.26 Å². The molecule has 90 valence electrons. The number of rotatable bonds is 4. The molecule has 0 spiro atoms. The van der Waals surface area contributed by atoms with Crippen molar-refractivity contribution in [2.75, 3.05) is 25.0 Å². The Hall–Kier alpha value is -1.60. The van der Waals surface area contributed by atoms with Gasteiger partial charge in [0.15, 0.2) is 0 Å². The van der Waals surface area contributed by atoms with Crippen LogP contribution in [0.15, 0.2) is 18.3 Å². The SMILES string of the molecule is CC(CNc1ccnc(C#N)c1)N1CCCC1. The molecule has 1 fully saturated rings. The lowest BCUT2D eigenvalue weighted by Crippen LogP contribution is -2.35. The lowest BCUT2D eigenvalue weighted by molar-refractivity contribution is 0.269. The standard InChI is InChI=1S/C13H18N4/c1-11(17-6-2-3-7-17)10-16-12-4-5-15-13(8-12)9-14/h4-5,8,11H,2-3,6-7,10H2,1H3,(H,15,16). The first-order valence-electron chi connectivity index (χ1n) is 6.13. The number of nitriles is 1. The Morgan fingerprint density at radius 3 is 3.00 bits per heavy atom. The minimum absolute atomic E-state index is 0.462. The summed E-state index contributed by atoms with van der Waals surface area (Å²) in [6, 6.07) is 6.28. The van der Waals surface area contributed by atoms with E-state index >= 15 is 0 Å². The molecule has 4 heteroatoms. The van der Waals surface area contributed by atoms with Crippen molar-refractivity contribution in [1.29, 1.82) is 5.26 Å². The number of nitrogens with zero attached hydrogens (tertiary/aromatic N) is 3. The average molecular weight is 230 g/mol. The molecule has 4 nitrogen and oxygen atoms in total. The predicted molar refractivity (Wildman–Crippen MR) is 67.7 cm³/mol. The maximum Gasteiger partial charge on any atom is 0.142 e. The molecule has 17 heavy (non-hydrogen) atoms. The summed E-state index contributed by atoms with van der Waals surface area (Å²) in [6.45, 7) is 5.57. The van der Waals surface area contributed by atoms with Crippen LogP contribution in [0.25, 0.3) is 0 Å². The van der Waals surface area contributed by atoms with E-state index in [1.165, 1.54) is 25.9 Å². The molecule has 1 aliphatic heterocycles. The van der Waals surface area contributed by atoms with E-state index in [-0.39, 0.29) is 0 Å². The van der Waals surface area contributed by atoms with Crippen molar-refractivity contribution in [3.05, 3.63) is 24.0 Å². The van der Waals surface area contributed by atoms with Crippen molar-refractivity contribution in [2.24, 2.45) is 0 Å². The molecule has 0 saturated carbocycles. The van der Waals surface area contributed by atoms with Gasteiger partial charge in [0.05, 0.1) is 0 Å². The second kappa shape index (κ2) is 5.65. The highest BCUT2D eigenvalue weighted by Gasteiger charge is 2.17. The van der Waals surface area contributed by atoms with Crippen LogP contribution in [0.5, 0.6) is 0 Å². The van der Waals surface area contributed by atoms with E-state index in [9.17, 15) is 0 Å². The van der Waals surface area contributed by atoms with Gasteiger partial charge < -0.3 is 5.32 Å². The summed E-state index contributed by atoms with van der Waals surface area (Å²) in [5, 5.41) is 12.1. The van der Waals surface area contributed by atoms with Crippen LogP contribution < -0.4 is 5.32 Å². The summed E-state index contributed by atoms with van der Waals surface area (Å²) >= 11 is 0. The summed E-state index contributed by atoms with van der Waals surface area (Å²) < 4.78 is 0. The highest BCUT2D eigenvalue weighted by atomic mass is 15.2. The number of nitrogens with one attached hydrogen (secondary N) is 1. The molecule has 1 aromatic heterocycles. The summed E-state index contributed by atoms with van der Waals surface area (Å²) in [7, 11) is 0. The van der Waals surface area contributed by atoms with Gasteiger partial charge in [0.1, 0.15) is 11.8 Å². The third-order valence-electron chi connectivity index (χ3n) is 3.24. The van der Waals surface area contributed by atoms with Gasteiger partial charge in [-0.25, -0.2) is 4.98 Å². The van der Waals surface area contributed by atoms with E-state index in [1.54, 1.807) is 12.3 Å². The molecular weight excluding hydrogens is 212 g/mol. The minimum atomic E-state index is 0.462. The molecule has 0 aliphatic carbocycles. The van der Waals surface area contributed by atoms with Gasteiger partial charge in [-0.05, 0) is 45.0 Å². The fourth-order valence-electron chi connectivity index (χ4n) is 2.18. The van der Waals surface area contributed by atoms with Gasteiger partial charge in [0.25, 0.3) is 0 Å². The quantitative estimate of drug-likeness (QED) is 0.857. The van der Waals surface area contributed by atoms with Crippen LogP contribution in [0.2, 0.25) is 0 Å². The Balaban J connectivity index is 1.86. The largest absolute Gasteiger partial charge is 0.383 e. The maximum absolute atomic E-state index is 8.76. The number of likely N-dealkylation sites (tertiary alicyclic amines) is 1. The first-order chi connectivity index (χ1) is 8.29. The lowest BCUT2D eigenvalue weighted by Gasteiger charge is -2.24. The van der Waals surface area contributed by atoms with Gasteiger partial charge in [0, 0.05) is 24.5 Å². The molecule has 0 bridgehead atoms. The molecular formula is C13H18N4. The highest BCUT2D eigenvalue weighted by Crippen LogP contribution is 2.13. The van der Waals surface area contributed by atoms with Gasteiger partial charge in [-0.1, -0.05) is 0 Å². The van der Waals surface area contributed by atoms with Crippen LogP contribution in [0, 0.1) is 11.3 Å². The number of hydrogen-bond donors (Lipinski definition) is 1. The smallest absolute Gasteiger partial charge is 0.142 e. The van der Waals surface area contributed by atoms with Crippen LogP contribution >= 0.6 is 0 Å². The fourth-order valence-corrected chi connectivity index (χ4v) is 2.18. The molecule has 0 aromatic carbocycles. The fraction of sp³-hybridized carbons (Fsp3) is 0.538. The van der Waals surface area contributed by atoms with Crippen molar-refractivity contribution in [1.82, 2.24) is 9.88 Å². The van der Waals surface area contributed by atoms with Gasteiger partial charge >= 0.3 is 0 Å². The third-order valence-corrected chi connectivity index (χ3v) is 3.24. The van der Waals surface area contributed by atoms with E-state index in [0.717, 1.165) is 12.2 Å². The van der Waals surface area contributed by atoms with Crippen molar-refractivity contribution in [2.45, 2.75) is 25.8 Å². The predicted octanol–water partition coefficient (Wildman–Crippen LogP) is 1.85. The van der Waals surface area contributed by atoms with E-state index in [0.29, 0.717) is 11.7 Å². The Morgan fingerprint density at radius 1 is 1.53 bits per heavy atom. The van der Waals surface area contributed by atoms with Crippen LogP contribution in [-0.2, 0) is 0 Å². The molecule has 2 heterocycles. The van der Waals surface area contributed by atoms with Crippen molar-refractivity contribution in [3.63, 3.8) is 0 Å². The molecule has 1 saturated heterocycles. The number of anilines is 1. The Morgan fingerprint density at radius 2 is 2.29 bits per heavy atom. The molecule has 1 atom stereocenters.